The van der Waals surface area contributed by atoms with Crippen LogP contribution in [0.1, 0.15) is 5.56 Å². The molecule has 2 rings (SSSR count). The highest BCUT2D eigenvalue weighted by molar-refractivity contribution is 9.10. The van der Waals surface area contributed by atoms with E-state index in [1.165, 1.54) is 0 Å². The van der Waals surface area contributed by atoms with Crippen molar-refractivity contribution in [3.8, 4) is 0 Å². The molecule has 4 nitrogen and oxygen atoms in total. The molecule has 0 fully saturated rings. The average molecular weight is 311 g/mol. The molecule has 96 valence electrons. The maximum absolute atomic E-state index is 11.5. The Bertz CT molecular complexity index is 609. The lowest BCUT2D eigenvalue weighted by Crippen LogP contribution is -2.25. The monoisotopic (exact) mass is 310 g/mol. The highest BCUT2D eigenvalue weighted by atomic mass is 79.9. The van der Waals surface area contributed by atoms with E-state index in [0.717, 1.165) is 22.0 Å². The molecule has 0 aliphatic heterocycles. The highest BCUT2D eigenvalue weighted by Crippen LogP contribution is 2.22. The third-order valence-corrected chi connectivity index (χ3v) is 3.24. The van der Waals surface area contributed by atoms with Crippen LogP contribution in [-0.2, 0) is 6.54 Å². The van der Waals surface area contributed by atoms with Gasteiger partial charge in [0.15, 0.2) is 0 Å². The Balaban J connectivity index is 2.46. The van der Waals surface area contributed by atoms with Gasteiger partial charge in [-0.2, -0.15) is 0 Å². The molecular weight excluding hydrogens is 296 g/mol. The topological polar surface area (TPSA) is 59.5 Å². The summed E-state index contributed by atoms with van der Waals surface area (Å²) in [5.41, 5.74) is 6.76. The second-order valence-electron chi connectivity index (χ2n) is 4.26. The van der Waals surface area contributed by atoms with Gasteiger partial charge in [-0.3, -0.25) is 0 Å². The van der Waals surface area contributed by atoms with Crippen LogP contribution in [0.4, 0.5) is 0 Å². The summed E-state index contributed by atoms with van der Waals surface area (Å²) < 4.78 is 6.09. The van der Waals surface area contributed by atoms with Crippen molar-refractivity contribution >= 4 is 26.9 Å². The van der Waals surface area contributed by atoms with E-state index in [1.807, 2.05) is 25.2 Å². The lowest BCUT2D eigenvalue weighted by atomic mass is 10.1. The third kappa shape index (κ3) is 2.98. The van der Waals surface area contributed by atoms with E-state index in [-0.39, 0.29) is 5.63 Å². The van der Waals surface area contributed by atoms with Crippen LogP contribution in [-0.4, -0.2) is 25.0 Å². The molecule has 0 amide bonds. The molecule has 5 heteroatoms. The van der Waals surface area contributed by atoms with E-state index < -0.39 is 0 Å². The summed E-state index contributed by atoms with van der Waals surface area (Å²) in [6.45, 7) is 2.07. The van der Waals surface area contributed by atoms with Crippen LogP contribution in [0.2, 0.25) is 0 Å². The summed E-state index contributed by atoms with van der Waals surface area (Å²) in [4.78, 5) is 13.6. The predicted molar refractivity (Wildman–Crippen MR) is 75.6 cm³/mol. The van der Waals surface area contributed by atoms with E-state index in [4.69, 9.17) is 10.2 Å². The number of hydrogen-bond acceptors (Lipinski definition) is 4. The van der Waals surface area contributed by atoms with Crippen LogP contribution in [0.5, 0.6) is 0 Å². The maximum Gasteiger partial charge on any atom is 0.336 e. The van der Waals surface area contributed by atoms with Crippen molar-refractivity contribution in [1.29, 1.82) is 0 Å². The van der Waals surface area contributed by atoms with Gasteiger partial charge >= 0.3 is 5.63 Å². The molecule has 2 aromatic rings. The zero-order valence-electron chi connectivity index (χ0n) is 10.1. The number of rotatable bonds is 4. The summed E-state index contributed by atoms with van der Waals surface area (Å²) in [5, 5.41) is 0.960. The normalized spacial score (nSPS) is 11.3. The van der Waals surface area contributed by atoms with E-state index >= 15 is 0 Å². The molecule has 0 spiro atoms. The van der Waals surface area contributed by atoms with Gasteiger partial charge in [-0.25, -0.2) is 4.79 Å². The van der Waals surface area contributed by atoms with Gasteiger partial charge in [0.05, 0.1) is 0 Å². The molecule has 0 aliphatic rings. The van der Waals surface area contributed by atoms with Gasteiger partial charge < -0.3 is 15.1 Å². The number of fused-ring (bicyclic) bond motifs is 1. The lowest BCUT2D eigenvalue weighted by Gasteiger charge is -2.16. The fraction of sp³-hybridized carbons (Fsp3) is 0.308. The first kappa shape index (κ1) is 13.3. The predicted octanol–water partition coefficient (Wildman–Crippen LogP) is 1.95. The van der Waals surface area contributed by atoms with Gasteiger partial charge in [0.25, 0.3) is 0 Å². The third-order valence-electron chi connectivity index (χ3n) is 2.74. The van der Waals surface area contributed by atoms with E-state index in [0.29, 0.717) is 18.7 Å². The van der Waals surface area contributed by atoms with Crippen molar-refractivity contribution < 1.29 is 4.42 Å². The van der Waals surface area contributed by atoms with Crippen LogP contribution in [0.25, 0.3) is 11.0 Å². The Labute approximate surface area is 114 Å². The van der Waals surface area contributed by atoms with Gasteiger partial charge in [0.2, 0.25) is 0 Å². The minimum atomic E-state index is -0.322. The molecule has 0 atom stereocenters. The fourth-order valence-electron chi connectivity index (χ4n) is 1.92. The van der Waals surface area contributed by atoms with Crippen LogP contribution >= 0.6 is 15.9 Å². The van der Waals surface area contributed by atoms with Crippen molar-refractivity contribution in [2.75, 3.05) is 20.1 Å². The Morgan fingerprint density at radius 3 is 2.89 bits per heavy atom. The Kier molecular flexibility index (Phi) is 4.16. The largest absolute Gasteiger partial charge is 0.423 e. The molecule has 1 aromatic heterocycles. The van der Waals surface area contributed by atoms with Crippen LogP contribution in [0, 0.1) is 0 Å². The molecule has 0 radical (unpaired) electrons. The molecule has 1 aromatic carbocycles. The number of halogens is 1. The summed E-state index contributed by atoms with van der Waals surface area (Å²) in [5.74, 6) is 0. The van der Waals surface area contributed by atoms with Crippen molar-refractivity contribution in [2.24, 2.45) is 5.73 Å². The number of hydrogen-bond donors (Lipinski definition) is 1. The number of nitrogens with zero attached hydrogens (tertiary/aromatic N) is 1. The lowest BCUT2D eigenvalue weighted by molar-refractivity contribution is 0.336. The first-order chi connectivity index (χ1) is 8.60. The smallest absolute Gasteiger partial charge is 0.336 e. The van der Waals surface area contributed by atoms with Crippen molar-refractivity contribution in [3.63, 3.8) is 0 Å². The number of likely N-dealkylation sites (N-methyl/N-ethyl adjacent to an activating group) is 1. The van der Waals surface area contributed by atoms with Crippen LogP contribution in [0.3, 0.4) is 0 Å². The molecule has 18 heavy (non-hydrogen) atoms. The quantitative estimate of drug-likeness (QED) is 0.877. The minimum Gasteiger partial charge on any atom is -0.423 e. The Hall–Kier alpha value is -1.17. The maximum atomic E-state index is 11.5. The average Bonchev–Trinajstić information content (AvgIpc) is 2.28. The molecular formula is C13H15BrN2O2. The summed E-state index contributed by atoms with van der Waals surface area (Å²) >= 11 is 3.37. The Morgan fingerprint density at radius 1 is 1.39 bits per heavy atom. The van der Waals surface area contributed by atoms with Crippen LogP contribution < -0.4 is 11.4 Å². The molecule has 0 saturated carbocycles. The molecule has 0 unspecified atom stereocenters. The molecule has 0 bridgehead atoms. The zero-order chi connectivity index (χ0) is 13.1. The zero-order valence-corrected chi connectivity index (χ0v) is 11.7. The summed E-state index contributed by atoms with van der Waals surface area (Å²) in [6, 6.07) is 7.25. The van der Waals surface area contributed by atoms with E-state index in [1.54, 1.807) is 6.07 Å². The van der Waals surface area contributed by atoms with Gasteiger partial charge in [-0.05, 0) is 30.8 Å². The second-order valence-corrected chi connectivity index (χ2v) is 5.17. The number of benzene rings is 1. The van der Waals surface area contributed by atoms with Gasteiger partial charge in [0, 0.05) is 35.6 Å². The van der Waals surface area contributed by atoms with Crippen molar-refractivity contribution in [2.45, 2.75) is 6.54 Å². The van der Waals surface area contributed by atoms with Crippen LogP contribution in [0.15, 0.2) is 37.9 Å². The second kappa shape index (κ2) is 5.65. The number of nitrogens with two attached hydrogens (primary N) is 1. The SMILES string of the molecule is CN(CCN)Cc1cc(=O)oc2cc(Br)ccc12. The van der Waals surface area contributed by atoms with Crippen molar-refractivity contribution in [1.82, 2.24) is 4.90 Å². The Morgan fingerprint density at radius 2 is 2.17 bits per heavy atom. The van der Waals surface area contributed by atoms with Gasteiger partial charge in [-0.15, -0.1) is 0 Å². The summed E-state index contributed by atoms with van der Waals surface area (Å²) in [7, 11) is 1.98. The van der Waals surface area contributed by atoms with Gasteiger partial charge in [0.1, 0.15) is 5.58 Å². The summed E-state index contributed by atoms with van der Waals surface area (Å²) in [6.07, 6.45) is 0. The first-order valence-electron chi connectivity index (χ1n) is 5.71. The molecule has 0 aliphatic carbocycles. The van der Waals surface area contributed by atoms with E-state index in [9.17, 15) is 4.79 Å². The highest BCUT2D eigenvalue weighted by Gasteiger charge is 2.08. The molecule has 0 saturated heterocycles. The van der Waals surface area contributed by atoms with Crippen molar-refractivity contribution in [3.05, 3.63) is 44.7 Å². The fourth-order valence-corrected chi connectivity index (χ4v) is 2.26. The minimum absolute atomic E-state index is 0.322. The standard InChI is InChI=1S/C13H15BrN2O2/c1-16(5-4-15)8-9-6-13(17)18-12-7-10(14)2-3-11(9)12/h2-3,6-7H,4-5,8,15H2,1H3. The van der Waals surface area contributed by atoms with E-state index in [2.05, 4.69) is 20.8 Å². The van der Waals surface area contributed by atoms with Gasteiger partial charge in [-0.1, -0.05) is 15.9 Å². The first-order valence-corrected chi connectivity index (χ1v) is 6.50. The molecule has 1 heterocycles. The molecule has 2 N–H and O–H groups in total.